The van der Waals surface area contributed by atoms with Gasteiger partial charge in [-0.1, -0.05) is 30.3 Å². The van der Waals surface area contributed by atoms with Crippen LogP contribution in [-0.4, -0.2) is 62.6 Å². The van der Waals surface area contributed by atoms with E-state index in [1.807, 2.05) is 30.3 Å². The van der Waals surface area contributed by atoms with Crippen molar-refractivity contribution in [2.24, 2.45) is 0 Å². The topological polar surface area (TPSA) is 60.0 Å². The second-order valence-electron chi connectivity index (χ2n) is 6.30. The lowest BCUT2D eigenvalue weighted by Gasteiger charge is -2.33. The van der Waals surface area contributed by atoms with Gasteiger partial charge in [0.1, 0.15) is 6.61 Å². The molecule has 1 aromatic carbocycles. The van der Waals surface area contributed by atoms with E-state index in [1.54, 1.807) is 4.90 Å². The lowest BCUT2D eigenvalue weighted by Crippen LogP contribution is -2.51. The number of ether oxygens (including phenoxy) is 3. The number of nitrogens with one attached hydrogen (secondary N) is 1. The summed E-state index contributed by atoms with van der Waals surface area (Å²) in [7, 11) is 0. The van der Waals surface area contributed by atoms with Crippen molar-refractivity contribution in [2.75, 3.05) is 39.5 Å². The molecule has 0 aromatic heterocycles. The van der Waals surface area contributed by atoms with E-state index in [0.29, 0.717) is 32.3 Å². The standard InChI is InChI=1S/C18H26N2O4/c21-18(24-13-15-5-2-1-3-6-15)20-8-10-23-17(12-20)11-19-16-7-4-9-22-14-16/h1-3,5-6,16-17,19H,4,7-14H2. The number of carbonyl (C=O) groups excluding carboxylic acids is 1. The number of morpholine rings is 1. The van der Waals surface area contributed by atoms with Gasteiger partial charge in [-0.2, -0.15) is 0 Å². The molecule has 1 amide bonds. The zero-order chi connectivity index (χ0) is 16.6. The molecule has 1 aromatic rings. The van der Waals surface area contributed by atoms with Gasteiger partial charge >= 0.3 is 6.09 Å². The first kappa shape index (κ1) is 17.2. The highest BCUT2D eigenvalue weighted by Gasteiger charge is 2.26. The molecule has 3 rings (SSSR count). The number of rotatable bonds is 5. The van der Waals surface area contributed by atoms with Crippen molar-refractivity contribution in [1.82, 2.24) is 10.2 Å². The average molecular weight is 334 g/mol. The lowest BCUT2D eigenvalue weighted by atomic mass is 10.1. The molecule has 2 aliphatic heterocycles. The molecule has 24 heavy (non-hydrogen) atoms. The van der Waals surface area contributed by atoms with Crippen molar-refractivity contribution in [3.05, 3.63) is 35.9 Å². The highest BCUT2D eigenvalue weighted by Crippen LogP contribution is 2.10. The van der Waals surface area contributed by atoms with Gasteiger partial charge in [0.05, 0.1) is 25.9 Å². The van der Waals surface area contributed by atoms with Crippen molar-refractivity contribution in [3.8, 4) is 0 Å². The largest absolute Gasteiger partial charge is 0.445 e. The van der Waals surface area contributed by atoms with Crippen LogP contribution in [0, 0.1) is 0 Å². The summed E-state index contributed by atoms with van der Waals surface area (Å²) in [4.78, 5) is 14.0. The molecule has 6 heteroatoms. The predicted octanol–water partition coefficient (Wildman–Crippen LogP) is 1.79. The van der Waals surface area contributed by atoms with Crippen LogP contribution >= 0.6 is 0 Å². The number of carbonyl (C=O) groups is 1. The molecule has 0 aliphatic carbocycles. The Labute approximate surface area is 143 Å². The fourth-order valence-electron chi connectivity index (χ4n) is 3.02. The lowest BCUT2D eigenvalue weighted by molar-refractivity contribution is -0.0306. The van der Waals surface area contributed by atoms with Crippen LogP contribution in [0.5, 0.6) is 0 Å². The molecule has 2 aliphatic rings. The van der Waals surface area contributed by atoms with Crippen molar-refractivity contribution in [2.45, 2.75) is 31.6 Å². The first-order valence-corrected chi connectivity index (χ1v) is 8.69. The second kappa shape index (κ2) is 9.01. The maximum Gasteiger partial charge on any atom is 0.410 e. The van der Waals surface area contributed by atoms with E-state index < -0.39 is 0 Å². The number of benzene rings is 1. The molecule has 6 nitrogen and oxygen atoms in total. The summed E-state index contributed by atoms with van der Waals surface area (Å²) in [5, 5.41) is 3.48. The first-order chi connectivity index (χ1) is 11.8. The highest BCUT2D eigenvalue weighted by molar-refractivity contribution is 5.67. The van der Waals surface area contributed by atoms with Gasteiger partial charge in [-0.25, -0.2) is 4.79 Å². The van der Waals surface area contributed by atoms with Gasteiger partial charge in [-0.15, -0.1) is 0 Å². The second-order valence-corrected chi connectivity index (χ2v) is 6.30. The van der Waals surface area contributed by atoms with E-state index in [4.69, 9.17) is 14.2 Å². The van der Waals surface area contributed by atoms with Crippen LogP contribution in [0.2, 0.25) is 0 Å². The van der Waals surface area contributed by atoms with Crippen LogP contribution in [0.1, 0.15) is 18.4 Å². The Morgan fingerprint density at radius 3 is 2.96 bits per heavy atom. The summed E-state index contributed by atoms with van der Waals surface area (Å²) in [5.74, 6) is 0. The molecule has 2 atom stereocenters. The van der Waals surface area contributed by atoms with E-state index in [0.717, 1.165) is 38.2 Å². The molecule has 2 heterocycles. The summed E-state index contributed by atoms with van der Waals surface area (Å²) >= 11 is 0. The fraction of sp³-hybridized carbons (Fsp3) is 0.611. The number of hydrogen-bond acceptors (Lipinski definition) is 5. The van der Waals surface area contributed by atoms with Crippen molar-refractivity contribution in [1.29, 1.82) is 0 Å². The summed E-state index contributed by atoms with van der Waals surface area (Å²) in [6, 6.07) is 10.1. The van der Waals surface area contributed by atoms with Gasteiger partial charge in [0.15, 0.2) is 0 Å². The molecule has 0 radical (unpaired) electrons. The Kier molecular flexibility index (Phi) is 6.46. The van der Waals surface area contributed by atoms with Crippen LogP contribution in [0.15, 0.2) is 30.3 Å². The minimum absolute atomic E-state index is 0.00459. The normalized spacial score (nSPS) is 24.6. The smallest absolute Gasteiger partial charge is 0.410 e. The van der Waals surface area contributed by atoms with Gasteiger partial charge in [-0.05, 0) is 18.4 Å². The summed E-state index contributed by atoms with van der Waals surface area (Å²) in [6.45, 7) is 4.35. The molecule has 2 saturated heterocycles. The van der Waals surface area contributed by atoms with E-state index in [2.05, 4.69) is 5.32 Å². The SMILES string of the molecule is O=C(OCc1ccccc1)N1CCOC(CNC2CCCOC2)C1. The highest BCUT2D eigenvalue weighted by atomic mass is 16.6. The van der Waals surface area contributed by atoms with E-state index in [1.165, 1.54) is 0 Å². The molecule has 1 N–H and O–H groups in total. The zero-order valence-corrected chi connectivity index (χ0v) is 14.0. The molecule has 0 bridgehead atoms. The maximum atomic E-state index is 12.2. The molecule has 2 fully saturated rings. The number of amides is 1. The average Bonchev–Trinajstić information content (AvgIpc) is 2.66. The van der Waals surface area contributed by atoms with Crippen molar-refractivity contribution < 1.29 is 19.0 Å². The van der Waals surface area contributed by atoms with Crippen LogP contribution in [0.25, 0.3) is 0 Å². The number of hydrogen-bond donors (Lipinski definition) is 1. The third-order valence-corrected chi connectivity index (χ3v) is 4.40. The van der Waals surface area contributed by atoms with E-state index >= 15 is 0 Å². The predicted molar refractivity (Wildman–Crippen MR) is 89.8 cm³/mol. The molecule has 2 unspecified atom stereocenters. The van der Waals surface area contributed by atoms with E-state index in [-0.39, 0.29) is 12.2 Å². The molecule has 132 valence electrons. The third-order valence-electron chi connectivity index (χ3n) is 4.40. The summed E-state index contributed by atoms with van der Waals surface area (Å²) in [6.07, 6.45) is 1.97. The van der Waals surface area contributed by atoms with Crippen molar-refractivity contribution in [3.63, 3.8) is 0 Å². The summed E-state index contributed by atoms with van der Waals surface area (Å²) in [5.41, 5.74) is 0.995. The van der Waals surface area contributed by atoms with Gasteiger partial charge in [0, 0.05) is 25.7 Å². The van der Waals surface area contributed by atoms with Crippen molar-refractivity contribution >= 4 is 6.09 Å². The Hall–Kier alpha value is -1.63. The first-order valence-electron chi connectivity index (χ1n) is 8.69. The Morgan fingerprint density at radius 1 is 1.29 bits per heavy atom. The minimum Gasteiger partial charge on any atom is -0.445 e. The van der Waals surface area contributed by atoms with Crippen LogP contribution in [0.3, 0.4) is 0 Å². The molecular formula is C18H26N2O4. The fourth-order valence-corrected chi connectivity index (χ4v) is 3.02. The van der Waals surface area contributed by atoms with Gasteiger partial charge in [0.25, 0.3) is 0 Å². The van der Waals surface area contributed by atoms with Crippen LogP contribution in [0.4, 0.5) is 4.79 Å². The van der Waals surface area contributed by atoms with Gasteiger partial charge in [0.2, 0.25) is 0 Å². The maximum absolute atomic E-state index is 12.2. The molecule has 0 saturated carbocycles. The quantitative estimate of drug-likeness (QED) is 0.890. The minimum atomic E-state index is -0.270. The Morgan fingerprint density at radius 2 is 2.17 bits per heavy atom. The zero-order valence-electron chi connectivity index (χ0n) is 14.0. The third kappa shape index (κ3) is 5.19. The van der Waals surface area contributed by atoms with Gasteiger partial charge in [-0.3, -0.25) is 0 Å². The van der Waals surface area contributed by atoms with Gasteiger partial charge < -0.3 is 24.4 Å². The Bertz CT molecular complexity index is 505. The monoisotopic (exact) mass is 334 g/mol. The van der Waals surface area contributed by atoms with E-state index in [9.17, 15) is 4.79 Å². The molecular weight excluding hydrogens is 308 g/mol. The molecule has 0 spiro atoms. The van der Waals surface area contributed by atoms with Crippen LogP contribution in [-0.2, 0) is 20.8 Å². The van der Waals surface area contributed by atoms with Crippen LogP contribution < -0.4 is 5.32 Å². The summed E-state index contributed by atoms with van der Waals surface area (Å²) < 4.78 is 16.6. The Balaban J connectivity index is 1.40. The number of nitrogens with zero attached hydrogens (tertiary/aromatic N) is 1.